The molecule has 0 spiro atoms. The zero-order valence-electron chi connectivity index (χ0n) is 9.55. The molecule has 0 aromatic rings. The van der Waals surface area contributed by atoms with Crippen molar-refractivity contribution < 1.29 is 4.74 Å². The van der Waals surface area contributed by atoms with E-state index in [2.05, 4.69) is 37.7 Å². The first-order chi connectivity index (χ1) is 6.20. The van der Waals surface area contributed by atoms with Gasteiger partial charge in [0.15, 0.2) is 0 Å². The third-order valence-corrected chi connectivity index (χ3v) is 2.13. The molecule has 0 unspecified atom stereocenters. The molecule has 0 heterocycles. The Kier molecular flexibility index (Phi) is 8.40. The van der Waals surface area contributed by atoms with Crippen LogP contribution in [0.25, 0.3) is 0 Å². The summed E-state index contributed by atoms with van der Waals surface area (Å²) in [7, 11) is 4.13. The fourth-order valence-electron chi connectivity index (χ4n) is 1.08. The Hall–Kier alpha value is -0.120. The molecule has 0 aromatic carbocycles. The van der Waals surface area contributed by atoms with E-state index in [1.807, 2.05) is 0 Å². The van der Waals surface area contributed by atoms with Crippen molar-refractivity contribution in [2.75, 3.05) is 53.5 Å². The molecule has 0 bridgehead atoms. The van der Waals surface area contributed by atoms with Gasteiger partial charge in [-0.3, -0.25) is 0 Å². The van der Waals surface area contributed by atoms with Crippen molar-refractivity contribution in [3.8, 4) is 0 Å². The number of nitrogens with zero attached hydrogens (tertiary/aromatic N) is 2. The van der Waals surface area contributed by atoms with E-state index >= 15 is 0 Å². The minimum absolute atomic E-state index is 0.842. The summed E-state index contributed by atoms with van der Waals surface area (Å²) < 4.78 is 5.50. The van der Waals surface area contributed by atoms with Crippen molar-refractivity contribution in [3.05, 3.63) is 0 Å². The number of hydrogen-bond donors (Lipinski definition) is 0. The molecule has 0 aliphatic heterocycles. The van der Waals surface area contributed by atoms with Gasteiger partial charge in [0.2, 0.25) is 0 Å². The summed E-state index contributed by atoms with van der Waals surface area (Å²) in [6.45, 7) is 10.4. The van der Waals surface area contributed by atoms with Crippen LogP contribution in [0.2, 0.25) is 0 Å². The topological polar surface area (TPSA) is 15.7 Å². The Morgan fingerprint density at radius 2 is 1.46 bits per heavy atom. The minimum Gasteiger partial charge on any atom is -0.379 e. The van der Waals surface area contributed by atoms with Crippen LogP contribution in [-0.2, 0) is 4.74 Å². The molecule has 3 heteroatoms. The third kappa shape index (κ3) is 8.22. The molecule has 0 rings (SSSR count). The highest BCUT2D eigenvalue weighted by atomic mass is 16.5. The van der Waals surface area contributed by atoms with E-state index in [1.165, 1.54) is 0 Å². The van der Waals surface area contributed by atoms with Gasteiger partial charge in [-0.25, -0.2) is 0 Å². The van der Waals surface area contributed by atoms with Crippen molar-refractivity contribution in [2.24, 2.45) is 0 Å². The summed E-state index contributed by atoms with van der Waals surface area (Å²) >= 11 is 0. The van der Waals surface area contributed by atoms with E-state index in [9.17, 15) is 0 Å². The van der Waals surface area contributed by atoms with Crippen LogP contribution in [0.4, 0.5) is 0 Å². The van der Waals surface area contributed by atoms with Gasteiger partial charge in [-0.05, 0) is 27.2 Å². The van der Waals surface area contributed by atoms with Crippen LogP contribution in [0.1, 0.15) is 13.8 Å². The normalized spacial score (nSPS) is 11.5. The maximum absolute atomic E-state index is 5.50. The number of ether oxygens (including phenoxy) is 1. The second kappa shape index (κ2) is 8.48. The Morgan fingerprint density at radius 1 is 0.923 bits per heavy atom. The smallest absolute Gasteiger partial charge is 0.0594 e. The standard InChI is InChI=1S/C10H24N2O/c1-5-12(6-2)8-10-13-9-7-11(3)4/h5-10H2,1-4H3. The Morgan fingerprint density at radius 3 is 1.92 bits per heavy atom. The molecular weight excluding hydrogens is 164 g/mol. The first-order valence-corrected chi connectivity index (χ1v) is 5.15. The summed E-state index contributed by atoms with van der Waals surface area (Å²) in [5, 5.41) is 0. The molecule has 0 aliphatic rings. The van der Waals surface area contributed by atoms with E-state index in [0.717, 1.165) is 39.4 Å². The molecular formula is C10H24N2O. The van der Waals surface area contributed by atoms with Gasteiger partial charge in [0.25, 0.3) is 0 Å². The lowest BCUT2D eigenvalue weighted by molar-refractivity contribution is 0.0952. The van der Waals surface area contributed by atoms with Crippen LogP contribution in [0.3, 0.4) is 0 Å². The average molecular weight is 188 g/mol. The van der Waals surface area contributed by atoms with Gasteiger partial charge < -0.3 is 14.5 Å². The van der Waals surface area contributed by atoms with E-state index in [4.69, 9.17) is 4.74 Å². The van der Waals surface area contributed by atoms with Gasteiger partial charge in [0.1, 0.15) is 0 Å². The van der Waals surface area contributed by atoms with E-state index < -0.39 is 0 Å². The van der Waals surface area contributed by atoms with E-state index in [0.29, 0.717) is 0 Å². The summed E-state index contributed by atoms with van der Waals surface area (Å²) in [6.07, 6.45) is 0. The lowest BCUT2D eigenvalue weighted by Crippen LogP contribution is -2.28. The second-order valence-corrected chi connectivity index (χ2v) is 3.44. The van der Waals surface area contributed by atoms with E-state index in [1.54, 1.807) is 0 Å². The van der Waals surface area contributed by atoms with Crippen LogP contribution in [0, 0.1) is 0 Å². The van der Waals surface area contributed by atoms with Crippen molar-refractivity contribution >= 4 is 0 Å². The van der Waals surface area contributed by atoms with Gasteiger partial charge in [-0.15, -0.1) is 0 Å². The SMILES string of the molecule is CCN(CC)CCOCCN(C)C. The molecule has 0 aromatic heterocycles. The minimum atomic E-state index is 0.842. The Bertz CT molecular complexity index is 103. The van der Waals surface area contributed by atoms with Crippen LogP contribution in [0.5, 0.6) is 0 Å². The lowest BCUT2D eigenvalue weighted by Gasteiger charge is -2.18. The number of hydrogen-bond acceptors (Lipinski definition) is 3. The number of likely N-dealkylation sites (N-methyl/N-ethyl adjacent to an activating group) is 2. The highest BCUT2D eigenvalue weighted by molar-refractivity contribution is 4.50. The third-order valence-electron chi connectivity index (χ3n) is 2.13. The Balaban J connectivity index is 3.14. The molecule has 0 radical (unpaired) electrons. The molecule has 0 saturated carbocycles. The monoisotopic (exact) mass is 188 g/mol. The molecule has 3 nitrogen and oxygen atoms in total. The first-order valence-electron chi connectivity index (χ1n) is 5.15. The second-order valence-electron chi connectivity index (χ2n) is 3.44. The summed E-state index contributed by atoms with van der Waals surface area (Å²) in [5.74, 6) is 0. The molecule has 0 fully saturated rings. The maximum atomic E-state index is 5.50. The van der Waals surface area contributed by atoms with Crippen molar-refractivity contribution in [1.29, 1.82) is 0 Å². The van der Waals surface area contributed by atoms with Crippen LogP contribution < -0.4 is 0 Å². The van der Waals surface area contributed by atoms with Gasteiger partial charge >= 0.3 is 0 Å². The predicted octanol–water partition coefficient (Wildman–Crippen LogP) is 0.906. The van der Waals surface area contributed by atoms with Gasteiger partial charge in [0, 0.05) is 13.1 Å². The lowest BCUT2D eigenvalue weighted by atomic mass is 10.5. The van der Waals surface area contributed by atoms with Crippen LogP contribution in [-0.4, -0.2) is 63.3 Å². The summed E-state index contributed by atoms with van der Waals surface area (Å²) in [5.41, 5.74) is 0. The summed E-state index contributed by atoms with van der Waals surface area (Å²) in [6, 6.07) is 0. The highest BCUT2D eigenvalue weighted by Gasteiger charge is 1.97. The largest absolute Gasteiger partial charge is 0.379 e. The van der Waals surface area contributed by atoms with Gasteiger partial charge in [-0.2, -0.15) is 0 Å². The molecule has 80 valence electrons. The van der Waals surface area contributed by atoms with Crippen molar-refractivity contribution in [3.63, 3.8) is 0 Å². The van der Waals surface area contributed by atoms with Gasteiger partial charge in [0.05, 0.1) is 13.2 Å². The van der Waals surface area contributed by atoms with Crippen LogP contribution >= 0.6 is 0 Å². The molecule has 13 heavy (non-hydrogen) atoms. The summed E-state index contributed by atoms with van der Waals surface area (Å²) in [4.78, 5) is 4.51. The van der Waals surface area contributed by atoms with E-state index in [-0.39, 0.29) is 0 Å². The fraction of sp³-hybridized carbons (Fsp3) is 1.00. The maximum Gasteiger partial charge on any atom is 0.0594 e. The molecule has 0 N–H and O–H groups in total. The zero-order chi connectivity index (χ0) is 10.1. The Labute approximate surface area is 82.7 Å². The van der Waals surface area contributed by atoms with Crippen molar-refractivity contribution in [2.45, 2.75) is 13.8 Å². The molecule has 0 aliphatic carbocycles. The zero-order valence-corrected chi connectivity index (χ0v) is 9.55. The molecule has 0 amide bonds. The first kappa shape index (κ1) is 12.9. The van der Waals surface area contributed by atoms with Crippen molar-refractivity contribution in [1.82, 2.24) is 9.80 Å². The predicted molar refractivity (Wildman–Crippen MR) is 57.2 cm³/mol. The highest BCUT2D eigenvalue weighted by Crippen LogP contribution is 1.87. The fourth-order valence-corrected chi connectivity index (χ4v) is 1.08. The molecule has 0 atom stereocenters. The average Bonchev–Trinajstić information content (AvgIpc) is 2.11. The van der Waals surface area contributed by atoms with Crippen LogP contribution in [0.15, 0.2) is 0 Å². The molecule has 0 saturated heterocycles. The quantitative estimate of drug-likeness (QED) is 0.527. The number of rotatable bonds is 8. The van der Waals surface area contributed by atoms with Gasteiger partial charge in [-0.1, -0.05) is 13.8 Å².